The largest absolute Gasteiger partial charge is 0.394 e. The van der Waals surface area contributed by atoms with E-state index in [2.05, 4.69) is 0 Å². The van der Waals surface area contributed by atoms with Crippen molar-refractivity contribution in [2.75, 3.05) is 19.8 Å². The maximum Gasteiger partial charge on any atom is 0.291 e. The van der Waals surface area contributed by atoms with Crippen molar-refractivity contribution >= 4 is 0 Å². The van der Waals surface area contributed by atoms with Gasteiger partial charge in [-0.1, -0.05) is 0 Å². The Hall–Kier alpha value is -2.52. The number of hydrogen-bond donors (Lipinski definition) is 4. The minimum atomic E-state index is -1.50. The third-order valence-corrected chi connectivity index (χ3v) is 2.29. The molecule has 130 valence electrons. The Balaban J connectivity index is 0. The first-order valence-electron chi connectivity index (χ1n) is 5.43. The first kappa shape index (κ1) is 21.8. The predicted octanol–water partition coefficient (Wildman–Crippen LogP) is -1.12. The van der Waals surface area contributed by atoms with Gasteiger partial charge >= 0.3 is 0 Å². The first-order valence-corrected chi connectivity index (χ1v) is 5.43. The van der Waals surface area contributed by atoms with Crippen LogP contribution >= 0.6 is 0 Å². The van der Waals surface area contributed by atoms with Gasteiger partial charge in [-0.3, -0.25) is 0 Å². The van der Waals surface area contributed by atoms with Crippen LogP contribution in [0.4, 0.5) is 0 Å². The minimum Gasteiger partial charge on any atom is -0.394 e. The second-order valence-corrected chi connectivity index (χ2v) is 3.67. The molecule has 1 heterocycles. The lowest BCUT2D eigenvalue weighted by molar-refractivity contribution is -0.742. The highest BCUT2D eigenvalue weighted by Crippen LogP contribution is 2.45. The normalized spacial score (nSPS) is 19.8. The molecule has 22 heavy (non-hydrogen) atoms. The molecule has 0 aromatic carbocycles. The molecule has 1 saturated heterocycles. The van der Waals surface area contributed by atoms with Gasteiger partial charge in [0.1, 0.15) is 6.10 Å². The fourth-order valence-corrected chi connectivity index (χ4v) is 1.49. The zero-order valence-corrected chi connectivity index (χ0v) is 11.0. The summed E-state index contributed by atoms with van der Waals surface area (Å²) in [5.74, 6) is 0. The summed E-state index contributed by atoms with van der Waals surface area (Å²) >= 11 is 0. The van der Waals surface area contributed by atoms with Gasteiger partial charge in [0.25, 0.3) is 15.3 Å². The van der Waals surface area contributed by atoms with E-state index >= 15 is 0 Å². The molecule has 2 fully saturated rings. The second kappa shape index (κ2) is 11.2. The lowest BCUT2D eigenvalue weighted by Crippen LogP contribution is -2.42. The van der Waals surface area contributed by atoms with Crippen LogP contribution in [0.2, 0.25) is 0 Å². The average molecular weight is 333 g/mol. The SMILES string of the molecule is O=[N+]([O-])O.O=[N+]([O-])O.O=[N+]([O-])O.OCC1OCCOC12CC2. The molecule has 1 unspecified atom stereocenters. The fourth-order valence-electron chi connectivity index (χ4n) is 1.49. The van der Waals surface area contributed by atoms with Gasteiger partial charge in [-0.15, -0.1) is 30.3 Å². The van der Waals surface area contributed by atoms with E-state index in [-0.39, 0.29) is 18.3 Å². The van der Waals surface area contributed by atoms with Gasteiger partial charge in [0.05, 0.1) is 25.4 Å². The Labute approximate surface area is 121 Å². The van der Waals surface area contributed by atoms with E-state index in [0.29, 0.717) is 13.2 Å². The maximum atomic E-state index is 8.86. The zero-order valence-electron chi connectivity index (χ0n) is 11.0. The molecule has 15 nitrogen and oxygen atoms in total. The fraction of sp³-hybridized carbons (Fsp3) is 1.00. The van der Waals surface area contributed by atoms with Crippen molar-refractivity contribution in [1.82, 2.24) is 0 Å². The smallest absolute Gasteiger partial charge is 0.291 e. The van der Waals surface area contributed by atoms with Crippen molar-refractivity contribution in [3.63, 3.8) is 0 Å². The van der Waals surface area contributed by atoms with Crippen LogP contribution in [0.3, 0.4) is 0 Å². The van der Waals surface area contributed by atoms with E-state index in [1.165, 1.54) is 0 Å². The van der Waals surface area contributed by atoms with E-state index < -0.39 is 15.3 Å². The number of ether oxygens (including phenoxy) is 2. The van der Waals surface area contributed by atoms with Crippen LogP contribution < -0.4 is 0 Å². The number of aliphatic hydroxyl groups excluding tert-OH is 1. The van der Waals surface area contributed by atoms with E-state index in [1.807, 2.05) is 0 Å². The number of rotatable bonds is 1. The molecular weight excluding hydrogens is 318 g/mol. The van der Waals surface area contributed by atoms with Crippen molar-refractivity contribution in [3.05, 3.63) is 30.3 Å². The lowest BCUT2D eigenvalue weighted by atomic mass is 10.2. The summed E-state index contributed by atoms with van der Waals surface area (Å²) < 4.78 is 10.8. The van der Waals surface area contributed by atoms with Crippen LogP contribution in [0.25, 0.3) is 0 Å². The van der Waals surface area contributed by atoms with Crippen molar-refractivity contribution < 1.29 is 45.5 Å². The maximum absolute atomic E-state index is 8.86. The summed E-state index contributed by atoms with van der Waals surface area (Å²) in [4.78, 5) is 25.1. The van der Waals surface area contributed by atoms with Crippen LogP contribution in [0.15, 0.2) is 0 Å². The Morgan fingerprint density at radius 2 is 1.32 bits per heavy atom. The molecule has 2 aliphatic rings. The highest BCUT2D eigenvalue weighted by atomic mass is 16.9. The molecule has 1 saturated carbocycles. The lowest BCUT2D eigenvalue weighted by Gasteiger charge is -2.30. The summed E-state index contributed by atoms with van der Waals surface area (Å²) in [6.07, 6.45) is 2.05. The monoisotopic (exact) mass is 333 g/mol. The highest BCUT2D eigenvalue weighted by molar-refractivity contribution is 5.03. The van der Waals surface area contributed by atoms with Crippen LogP contribution in [-0.2, 0) is 9.47 Å². The van der Waals surface area contributed by atoms with Gasteiger partial charge in [-0.25, -0.2) is 0 Å². The average Bonchev–Trinajstić information content (AvgIpc) is 3.08. The molecule has 0 bridgehead atoms. The Morgan fingerprint density at radius 3 is 1.55 bits per heavy atom. The van der Waals surface area contributed by atoms with Crippen molar-refractivity contribution in [1.29, 1.82) is 0 Å². The Kier molecular flexibility index (Phi) is 11.1. The van der Waals surface area contributed by atoms with Gasteiger partial charge in [0, 0.05) is 0 Å². The van der Waals surface area contributed by atoms with E-state index in [9.17, 15) is 0 Å². The molecular formula is C7H15N3O12. The molecule has 1 aliphatic heterocycles. The summed E-state index contributed by atoms with van der Waals surface area (Å²) in [6, 6.07) is 0. The van der Waals surface area contributed by atoms with E-state index in [4.69, 9.17) is 60.5 Å². The molecule has 0 aromatic heterocycles. The standard InChI is InChI=1S/C7H12O3.3HNO3/c8-5-6-7(1-2-7)10-4-3-9-6;3*2-1(3)4/h6,8H,1-5H2;3*(H,2,3,4). The molecule has 0 amide bonds. The van der Waals surface area contributed by atoms with Crippen LogP contribution in [0.5, 0.6) is 0 Å². The van der Waals surface area contributed by atoms with Gasteiger partial charge < -0.3 is 30.2 Å². The summed E-state index contributed by atoms with van der Waals surface area (Å²) in [5, 5.41) is 49.8. The topological polar surface area (TPSA) is 229 Å². The Morgan fingerprint density at radius 1 is 0.955 bits per heavy atom. The molecule has 2 rings (SSSR count). The molecule has 15 heteroatoms. The van der Waals surface area contributed by atoms with Crippen molar-refractivity contribution in [3.8, 4) is 0 Å². The molecule has 1 atom stereocenters. The quantitative estimate of drug-likeness (QED) is 0.330. The van der Waals surface area contributed by atoms with Crippen LogP contribution in [0.1, 0.15) is 12.8 Å². The predicted molar refractivity (Wildman–Crippen MR) is 61.1 cm³/mol. The van der Waals surface area contributed by atoms with Crippen LogP contribution in [-0.4, -0.2) is 67.5 Å². The zero-order chi connectivity index (χ0) is 17.8. The number of hydrogen-bond acceptors (Lipinski definition) is 9. The van der Waals surface area contributed by atoms with Gasteiger partial charge in [0.15, 0.2) is 0 Å². The summed E-state index contributed by atoms with van der Waals surface area (Å²) in [6.45, 7) is 1.42. The Bertz CT molecular complexity index is 318. The molecule has 0 aromatic rings. The first-order chi connectivity index (χ1) is 10.1. The number of aliphatic hydroxyl groups is 1. The minimum absolute atomic E-state index is 0.0544. The van der Waals surface area contributed by atoms with Gasteiger partial charge in [-0.05, 0) is 12.8 Å². The third kappa shape index (κ3) is 13.9. The molecule has 4 N–H and O–H groups in total. The second-order valence-electron chi connectivity index (χ2n) is 3.67. The van der Waals surface area contributed by atoms with Crippen molar-refractivity contribution in [2.24, 2.45) is 0 Å². The molecule has 0 radical (unpaired) electrons. The summed E-state index contributed by atoms with van der Waals surface area (Å²) in [5.41, 5.74) is -0.0764. The van der Waals surface area contributed by atoms with E-state index in [1.54, 1.807) is 0 Å². The third-order valence-electron chi connectivity index (χ3n) is 2.29. The van der Waals surface area contributed by atoms with Crippen molar-refractivity contribution in [2.45, 2.75) is 24.5 Å². The van der Waals surface area contributed by atoms with Crippen LogP contribution in [0, 0.1) is 30.3 Å². The highest BCUT2D eigenvalue weighted by Gasteiger charge is 2.53. The molecule has 1 spiro atoms. The van der Waals surface area contributed by atoms with Gasteiger partial charge in [0.2, 0.25) is 0 Å². The number of nitrogens with zero attached hydrogens (tertiary/aromatic N) is 3. The molecule has 1 aliphatic carbocycles. The van der Waals surface area contributed by atoms with Gasteiger partial charge in [-0.2, -0.15) is 0 Å². The summed E-state index contributed by atoms with van der Waals surface area (Å²) in [7, 11) is 0. The van der Waals surface area contributed by atoms with E-state index in [0.717, 1.165) is 12.8 Å².